The van der Waals surface area contributed by atoms with Crippen LogP contribution in [0, 0.1) is 11.8 Å². The molecule has 0 fully saturated rings. The molecule has 2 unspecified atom stereocenters. The van der Waals surface area contributed by atoms with E-state index >= 15 is 0 Å². The van der Waals surface area contributed by atoms with Crippen molar-refractivity contribution in [3.8, 4) is 44.9 Å². The van der Waals surface area contributed by atoms with E-state index in [0.29, 0.717) is 0 Å². The number of fused-ring (bicyclic) bond motifs is 11. The van der Waals surface area contributed by atoms with Gasteiger partial charge in [-0.1, -0.05) is 204 Å². The molecule has 0 saturated heterocycles. The van der Waals surface area contributed by atoms with Crippen LogP contribution in [-0.2, 0) is 5.41 Å². The summed E-state index contributed by atoms with van der Waals surface area (Å²) in [7, 11) is -2.43. The number of ether oxygens (including phenoxy) is 2. The van der Waals surface area contributed by atoms with Crippen LogP contribution in [0.4, 0.5) is 17.1 Å². The van der Waals surface area contributed by atoms with Crippen LogP contribution < -0.4 is 19.6 Å². The minimum Gasteiger partial charge on any atom is -0.450 e. The quantitative estimate of drug-likeness (QED) is 0.135. The van der Waals surface area contributed by atoms with Gasteiger partial charge in [0.1, 0.15) is 0 Å². The van der Waals surface area contributed by atoms with Crippen molar-refractivity contribution in [3.05, 3.63) is 298 Å². The SMILES string of the molecule is C1=CCCC([Si](C2=CCCC=C2)(C2=CC=CCC2)c2ccc(-c3cccc(N(c4ccccc4)c4cccc(-c5ccc6c(c5)OC5=CC7C8=C(CCC=C8)C8(c9ccccc9-c9ccccc98)C7C=C5O6)c4)c3)cc2)=C1. The maximum absolute atomic E-state index is 6.96. The van der Waals surface area contributed by atoms with Gasteiger partial charge in [-0.15, -0.1) is 0 Å². The van der Waals surface area contributed by atoms with Crippen molar-refractivity contribution < 1.29 is 9.47 Å². The van der Waals surface area contributed by atoms with Gasteiger partial charge in [0, 0.05) is 28.9 Å². The summed E-state index contributed by atoms with van der Waals surface area (Å²) in [4.78, 5) is 2.38. The van der Waals surface area contributed by atoms with E-state index < -0.39 is 8.07 Å². The molecule has 1 heterocycles. The van der Waals surface area contributed by atoms with Gasteiger partial charge in [-0.3, -0.25) is 0 Å². The van der Waals surface area contributed by atoms with Gasteiger partial charge < -0.3 is 14.4 Å². The molecule has 2 atom stereocenters. The molecule has 4 heteroatoms. The number of rotatable bonds is 9. The summed E-state index contributed by atoms with van der Waals surface area (Å²) in [6, 6.07) is 63.0. The lowest BCUT2D eigenvalue weighted by Gasteiger charge is -2.40. The van der Waals surface area contributed by atoms with Gasteiger partial charge in [0.2, 0.25) is 0 Å². The van der Waals surface area contributed by atoms with E-state index in [1.165, 1.54) is 44.1 Å². The standard InChI is InChI=1S/C73H59NO2Si/c1-5-23-54(24-6-1)74(55-25-19-21-51(45-55)50-39-42-60(43-40-50)77(57-27-7-2-8-28-57,58-29-9-3-10-30-58)59-31-11-4-12-32-59)56-26-20-22-52(46-56)53-41-44-69-70(47-53)76-71-48-64-63-35-15-18-38-67(63)73(68(64)49-72(71)75-69)65-36-16-13-33-61(65)62-34-14-17-37-66(62)73/h1-3,5-7,9,11,13-17,19-27,29,31-37,39-49,64,68H,4,8,10,12,18,28,30,38H2. The molecular formula is C73H59NO2Si. The van der Waals surface area contributed by atoms with Crippen LogP contribution in [-0.4, -0.2) is 8.07 Å². The van der Waals surface area contributed by atoms with Crippen molar-refractivity contribution >= 4 is 30.3 Å². The Kier molecular flexibility index (Phi) is 11.1. The van der Waals surface area contributed by atoms with Crippen LogP contribution in [0.25, 0.3) is 33.4 Å². The molecule has 1 spiro atoms. The molecule has 0 amide bonds. The smallest absolute Gasteiger partial charge is 0.171 e. The van der Waals surface area contributed by atoms with Crippen molar-refractivity contribution in [2.24, 2.45) is 11.8 Å². The lowest BCUT2D eigenvalue weighted by molar-refractivity contribution is 0.271. The molecule has 7 aromatic rings. The molecule has 8 aliphatic rings. The summed E-state index contributed by atoms with van der Waals surface area (Å²) in [5.74, 6) is 3.41. The summed E-state index contributed by atoms with van der Waals surface area (Å²) >= 11 is 0. The Morgan fingerprint density at radius 3 is 1.74 bits per heavy atom. The highest BCUT2D eigenvalue weighted by atomic mass is 28.3. The Hall–Kier alpha value is -8.44. The highest BCUT2D eigenvalue weighted by molar-refractivity contribution is 7.08. The van der Waals surface area contributed by atoms with E-state index in [-0.39, 0.29) is 17.3 Å². The minimum atomic E-state index is -2.43. The fraction of sp³-hybridized carbons (Fsp3) is 0.151. The second kappa shape index (κ2) is 18.7. The van der Waals surface area contributed by atoms with Crippen LogP contribution in [0.2, 0.25) is 0 Å². The van der Waals surface area contributed by atoms with E-state index in [1.807, 2.05) is 0 Å². The molecule has 7 aliphatic carbocycles. The number of hydrogen-bond acceptors (Lipinski definition) is 3. The van der Waals surface area contributed by atoms with Crippen LogP contribution in [0.3, 0.4) is 0 Å². The Labute approximate surface area is 454 Å². The van der Waals surface area contributed by atoms with Crippen molar-refractivity contribution in [1.82, 2.24) is 0 Å². The Morgan fingerprint density at radius 1 is 0.468 bits per heavy atom. The van der Waals surface area contributed by atoms with Gasteiger partial charge in [-0.05, 0) is 173 Å². The van der Waals surface area contributed by atoms with Crippen LogP contribution in [0.15, 0.2) is 287 Å². The monoisotopic (exact) mass is 1010 g/mol. The maximum atomic E-state index is 6.96. The fourth-order valence-electron chi connectivity index (χ4n) is 14.6. The number of hydrogen-bond donors (Lipinski definition) is 0. The highest BCUT2D eigenvalue weighted by Crippen LogP contribution is 2.67. The van der Waals surface area contributed by atoms with E-state index in [9.17, 15) is 0 Å². The van der Waals surface area contributed by atoms with E-state index in [1.54, 1.807) is 21.2 Å². The second-order valence-corrected chi connectivity index (χ2v) is 25.7. The highest BCUT2D eigenvalue weighted by Gasteiger charge is 2.59. The zero-order valence-corrected chi connectivity index (χ0v) is 44.2. The third-order valence-corrected chi connectivity index (χ3v) is 23.0. The van der Waals surface area contributed by atoms with Gasteiger partial charge in [0.15, 0.2) is 31.1 Å². The second-order valence-electron chi connectivity index (χ2n) is 21.8. The van der Waals surface area contributed by atoms with Crippen molar-refractivity contribution in [1.29, 1.82) is 0 Å². The summed E-state index contributed by atoms with van der Waals surface area (Å²) in [6.45, 7) is 0. The zero-order chi connectivity index (χ0) is 50.9. The van der Waals surface area contributed by atoms with E-state index in [4.69, 9.17) is 9.47 Å². The number of para-hydroxylation sites is 1. The topological polar surface area (TPSA) is 21.7 Å². The molecule has 372 valence electrons. The number of allylic oxidation sites excluding steroid dienone is 18. The Balaban J connectivity index is 0.758. The predicted molar refractivity (Wildman–Crippen MR) is 319 cm³/mol. The molecule has 0 N–H and O–H groups in total. The molecule has 0 radical (unpaired) electrons. The first kappa shape index (κ1) is 45.9. The van der Waals surface area contributed by atoms with Crippen LogP contribution in [0.5, 0.6) is 11.5 Å². The lowest BCUT2D eigenvalue weighted by atomic mass is 9.63. The molecule has 15 rings (SSSR count). The van der Waals surface area contributed by atoms with Gasteiger partial charge >= 0.3 is 0 Å². The van der Waals surface area contributed by atoms with E-state index in [2.05, 4.69) is 254 Å². The minimum absolute atomic E-state index is 0.164. The Morgan fingerprint density at radius 2 is 1.06 bits per heavy atom. The van der Waals surface area contributed by atoms with Gasteiger partial charge in [0.25, 0.3) is 0 Å². The number of benzene rings is 7. The van der Waals surface area contributed by atoms with E-state index in [0.717, 1.165) is 103 Å². The molecule has 0 aromatic heterocycles. The average Bonchev–Trinajstić information content (AvgIpc) is 4.14. The van der Waals surface area contributed by atoms with Gasteiger partial charge in [0.05, 0.1) is 5.41 Å². The first-order valence-electron chi connectivity index (χ1n) is 28.0. The van der Waals surface area contributed by atoms with Crippen molar-refractivity contribution in [2.45, 2.75) is 56.8 Å². The third-order valence-electron chi connectivity index (χ3n) is 17.8. The summed E-state index contributed by atoms with van der Waals surface area (Å²) in [5, 5.41) is 6.30. The van der Waals surface area contributed by atoms with Gasteiger partial charge in [-0.25, -0.2) is 0 Å². The largest absolute Gasteiger partial charge is 0.450 e. The average molecular weight is 1010 g/mol. The summed E-state index contributed by atoms with van der Waals surface area (Å²) in [5.41, 5.74) is 16.1. The molecule has 3 nitrogen and oxygen atoms in total. The summed E-state index contributed by atoms with van der Waals surface area (Å²) < 4.78 is 13.9. The molecule has 0 saturated carbocycles. The molecule has 1 aliphatic heterocycles. The van der Waals surface area contributed by atoms with Gasteiger partial charge in [-0.2, -0.15) is 0 Å². The first-order chi connectivity index (χ1) is 38.2. The third kappa shape index (κ3) is 7.29. The molecule has 7 aromatic carbocycles. The molecular weight excluding hydrogens is 951 g/mol. The maximum Gasteiger partial charge on any atom is 0.171 e. The predicted octanol–water partition coefficient (Wildman–Crippen LogP) is 18.0. The number of anilines is 3. The Bertz CT molecular complexity index is 3810. The van der Waals surface area contributed by atoms with Crippen molar-refractivity contribution in [3.63, 3.8) is 0 Å². The lowest BCUT2D eigenvalue weighted by Crippen LogP contribution is -2.54. The van der Waals surface area contributed by atoms with Crippen LogP contribution >= 0.6 is 0 Å². The molecule has 77 heavy (non-hydrogen) atoms. The number of nitrogens with zero attached hydrogens (tertiary/aromatic N) is 1. The normalized spacial score (nSPS) is 20.0. The van der Waals surface area contributed by atoms with Crippen LogP contribution in [0.1, 0.15) is 62.5 Å². The fourth-order valence-corrected chi connectivity index (χ4v) is 20.1. The van der Waals surface area contributed by atoms with Crippen molar-refractivity contribution in [2.75, 3.05) is 4.90 Å². The summed E-state index contributed by atoms with van der Waals surface area (Å²) in [6.07, 6.45) is 40.0. The zero-order valence-electron chi connectivity index (χ0n) is 43.2. The first-order valence-corrected chi connectivity index (χ1v) is 30.0. The molecule has 0 bridgehead atoms.